The molecule has 8 heteroatoms. The highest BCUT2D eigenvalue weighted by molar-refractivity contribution is 6.43. The van der Waals surface area contributed by atoms with Gasteiger partial charge in [0.05, 0.1) is 10.0 Å². The third-order valence-corrected chi connectivity index (χ3v) is 4.60. The molecule has 0 aromatic carbocycles. The Morgan fingerprint density at radius 3 is 2.50 bits per heavy atom. The minimum absolute atomic E-state index is 0. The molecule has 0 aliphatic carbocycles. The maximum absolute atomic E-state index is 6.34. The molecule has 0 bridgehead atoms. The van der Waals surface area contributed by atoms with Crippen molar-refractivity contribution in [1.29, 1.82) is 0 Å². The van der Waals surface area contributed by atoms with Crippen LogP contribution in [0, 0.1) is 0 Å². The van der Waals surface area contributed by atoms with E-state index < -0.39 is 0 Å². The zero-order valence-corrected chi connectivity index (χ0v) is 15.9. The Morgan fingerprint density at radius 2 is 1.91 bits per heavy atom. The fraction of sp³-hybridized carbons (Fsp3) is 0.500. The Bertz CT molecular complexity index is 478. The highest BCUT2D eigenvalue weighted by Gasteiger charge is 2.26. The second kappa shape index (κ2) is 10.9. The standard InChI is InChI=1S/C14H18Cl3N3.2ClH/c1-2-3-4-11(20-7-5-18-6-8-20)12-10(15)9-19-14(17)13(12)16;;/h2,9,11,18H,1,3-8H2;2*1H/t11-;;/m1../s1. The number of nitrogens with one attached hydrogen (secondary N) is 1. The summed E-state index contributed by atoms with van der Waals surface area (Å²) in [6.45, 7) is 7.67. The summed E-state index contributed by atoms with van der Waals surface area (Å²) in [6, 6.07) is 0.149. The molecule has 1 aromatic heterocycles. The molecule has 0 unspecified atom stereocenters. The van der Waals surface area contributed by atoms with Gasteiger partial charge in [-0.1, -0.05) is 40.9 Å². The lowest BCUT2D eigenvalue weighted by Gasteiger charge is -2.36. The molecule has 1 saturated heterocycles. The Balaban J connectivity index is 0.00000220. The molecule has 1 fully saturated rings. The maximum atomic E-state index is 6.34. The minimum atomic E-state index is 0. The van der Waals surface area contributed by atoms with Crippen LogP contribution in [0.15, 0.2) is 18.9 Å². The number of halogens is 5. The predicted molar refractivity (Wildman–Crippen MR) is 100 cm³/mol. The van der Waals surface area contributed by atoms with Gasteiger partial charge in [0, 0.05) is 44.0 Å². The number of piperazine rings is 1. The topological polar surface area (TPSA) is 28.2 Å². The van der Waals surface area contributed by atoms with E-state index >= 15 is 0 Å². The van der Waals surface area contributed by atoms with E-state index in [4.69, 9.17) is 34.8 Å². The largest absolute Gasteiger partial charge is 0.314 e. The highest BCUT2D eigenvalue weighted by Crippen LogP contribution is 2.39. The van der Waals surface area contributed by atoms with Crippen LogP contribution in [0.2, 0.25) is 15.2 Å². The van der Waals surface area contributed by atoms with Gasteiger partial charge in [0.2, 0.25) is 0 Å². The molecular weight excluding hydrogens is 387 g/mol. The average molecular weight is 408 g/mol. The second-order valence-corrected chi connectivity index (χ2v) is 5.94. The molecule has 0 saturated carbocycles. The van der Waals surface area contributed by atoms with Crippen molar-refractivity contribution in [3.63, 3.8) is 0 Å². The number of pyridine rings is 1. The normalized spacial score (nSPS) is 16.3. The van der Waals surface area contributed by atoms with E-state index in [1.807, 2.05) is 6.08 Å². The van der Waals surface area contributed by atoms with Crippen LogP contribution in [-0.2, 0) is 0 Å². The van der Waals surface area contributed by atoms with Crippen LogP contribution in [-0.4, -0.2) is 36.1 Å². The monoisotopic (exact) mass is 405 g/mol. The number of aromatic nitrogens is 1. The van der Waals surface area contributed by atoms with E-state index in [-0.39, 0.29) is 30.9 Å². The molecule has 1 atom stereocenters. The predicted octanol–water partition coefficient (Wildman–Crippen LogP) is 4.80. The van der Waals surface area contributed by atoms with Gasteiger partial charge in [-0.25, -0.2) is 4.98 Å². The van der Waals surface area contributed by atoms with E-state index in [0.717, 1.165) is 44.6 Å². The number of allylic oxidation sites excluding steroid dienone is 1. The smallest absolute Gasteiger partial charge is 0.148 e. The summed E-state index contributed by atoms with van der Waals surface area (Å²) in [5, 5.41) is 4.70. The van der Waals surface area contributed by atoms with Crippen molar-refractivity contribution in [2.45, 2.75) is 18.9 Å². The first-order valence-corrected chi connectivity index (χ1v) is 7.83. The van der Waals surface area contributed by atoms with Crippen molar-refractivity contribution in [3.05, 3.63) is 39.6 Å². The zero-order valence-electron chi connectivity index (χ0n) is 12.0. The third-order valence-electron chi connectivity index (χ3n) is 3.54. The first-order valence-electron chi connectivity index (χ1n) is 6.70. The fourth-order valence-electron chi connectivity index (χ4n) is 2.54. The number of hydrogen-bond acceptors (Lipinski definition) is 3. The van der Waals surface area contributed by atoms with Crippen LogP contribution in [0.5, 0.6) is 0 Å². The van der Waals surface area contributed by atoms with Crippen molar-refractivity contribution < 1.29 is 0 Å². The summed E-state index contributed by atoms with van der Waals surface area (Å²) in [7, 11) is 0. The Labute approximate surface area is 159 Å². The van der Waals surface area contributed by atoms with Gasteiger partial charge in [0.15, 0.2) is 0 Å². The SMILES string of the molecule is C=CCC[C@H](c1c(Cl)cnc(Cl)c1Cl)N1CCNCC1.Cl.Cl. The average Bonchev–Trinajstić information content (AvgIpc) is 2.47. The molecule has 1 aliphatic rings. The summed E-state index contributed by atoms with van der Waals surface area (Å²) in [5.41, 5.74) is 0.886. The van der Waals surface area contributed by atoms with Crippen LogP contribution in [0.25, 0.3) is 0 Å². The maximum Gasteiger partial charge on any atom is 0.148 e. The van der Waals surface area contributed by atoms with E-state index in [1.165, 1.54) is 0 Å². The zero-order chi connectivity index (χ0) is 14.5. The van der Waals surface area contributed by atoms with E-state index in [2.05, 4.69) is 21.8 Å². The van der Waals surface area contributed by atoms with Crippen molar-refractivity contribution in [2.24, 2.45) is 0 Å². The van der Waals surface area contributed by atoms with Crippen molar-refractivity contribution in [1.82, 2.24) is 15.2 Å². The van der Waals surface area contributed by atoms with Gasteiger partial charge in [-0.15, -0.1) is 31.4 Å². The molecule has 22 heavy (non-hydrogen) atoms. The Kier molecular flexibility index (Phi) is 11.1. The molecule has 1 aliphatic heterocycles. The lowest BCUT2D eigenvalue weighted by Crippen LogP contribution is -2.45. The van der Waals surface area contributed by atoms with Gasteiger partial charge in [-0.05, 0) is 12.8 Å². The van der Waals surface area contributed by atoms with Crippen LogP contribution in [0.4, 0.5) is 0 Å². The van der Waals surface area contributed by atoms with E-state index in [0.29, 0.717) is 15.2 Å². The summed E-state index contributed by atoms with van der Waals surface area (Å²) in [4.78, 5) is 6.39. The number of nitrogens with zero attached hydrogens (tertiary/aromatic N) is 2. The summed E-state index contributed by atoms with van der Waals surface area (Å²) in [5.74, 6) is 0. The lowest BCUT2D eigenvalue weighted by atomic mass is 10.00. The van der Waals surface area contributed by atoms with Crippen molar-refractivity contribution in [2.75, 3.05) is 26.2 Å². The second-order valence-electron chi connectivity index (χ2n) is 4.79. The van der Waals surface area contributed by atoms with E-state index in [9.17, 15) is 0 Å². The quantitative estimate of drug-likeness (QED) is 0.561. The molecule has 2 heterocycles. The van der Waals surface area contributed by atoms with Crippen molar-refractivity contribution in [3.8, 4) is 0 Å². The van der Waals surface area contributed by atoms with Gasteiger partial charge in [0.1, 0.15) is 5.15 Å². The minimum Gasteiger partial charge on any atom is -0.314 e. The number of rotatable bonds is 5. The van der Waals surface area contributed by atoms with Crippen LogP contribution in [0.3, 0.4) is 0 Å². The van der Waals surface area contributed by atoms with E-state index in [1.54, 1.807) is 6.20 Å². The molecule has 0 radical (unpaired) electrons. The Hall–Kier alpha value is 0.260. The number of hydrogen-bond donors (Lipinski definition) is 1. The summed E-state index contributed by atoms with van der Waals surface area (Å²) in [6.07, 6.45) is 5.32. The van der Waals surface area contributed by atoms with Crippen LogP contribution >= 0.6 is 59.6 Å². The summed E-state index contributed by atoms with van der Waals surface area (Å²) >= 11 is 18.7. The first-order chi connectivity index (χ1) is 9.65. The summed E-state index contributed by atoms with van der Waals surface area (Å²) < 4.78 is 0. The van der Waals surface area contributed by atoms with Gasteiger partial charge in [0.25, 0.3) is 0 Å². The lowest BCUT2D eigenvalue weighted by molar-refractivity contribution is 0.166. The molecular formula is C14H20Cl5N3. The van der Waals surface area contributed by atoms with Crippen molar-refractivity contribution >= 4 is 59.6 Å². The highest BCUT2D eigenvalue weighted by atomic mass is 35.5. The first kappa shape index (κ1) is 22.3. The van der Waals surface area contributed by atoms with Gasteiger partial charge >= 0.3 is 0 Å². The molecule has 2 rings (SSSR count). The van der Waals surface area contributed by atoms with Gasteiger partial charge in [-0.2, -0.15) is 0 Å². The molecule has 0 amide bonds. The van der Waals surface area contributed by atoms with Crippen LogP contribution in [0.1, 0.15) is 24.4 Å². The van der Waals surface area contributed by atoms with Gasteiger partial charge in [-0.3, -0.25) is 4.90 Å². The Morgan fingerprint density at radius 1 is 1.27 bits per heavy atom. The van der Waals surface area contributed by atoms with Crippen LogP contribution < -0.4 is 5.32 Å². The molecule has 1 N–H and O–H groups in total. The molecule has 1 aromatic rings. The fourth-order valence-corrected chi connectivity index (χ4v) is 3.28. The third kappa shape index (κ3) is 5.41. The van der Waals surface area contributed by atoms with Gasteiger partial charge < -0.3 is 5.32 Å². The molecule has 0 spiro atoms. The molecule has 3 nitrogen and oxygen atoms in total. The molecule has 126 valence electrons.